The molecule has 0 bridgehead atoms. The summed E-state index contributed by atoms with van der Waals surface area (Å²) in [7, 11) is 0. The molecule has 1 aromatic heterocycles. The molecular weight excluding hydrogens is 238 g/mol. The number of piperidine rings is 1. The van der Waals surface area contributed by atoms with E-state index in [0.29, 0.717) is 12.0 Å². The molecule has 1 aliphatic rings. The summed E-state index contributed by atoms with van der Waals surface area (Å²) in [4.78, 5) is 8.89. The van der Waals surface area contributed by atoms with Crippen LogP contribution in [0.1, 0.15) is 32.5 Å². The van der Waals surface area contributed by atoms with E-state index in [2.05, 4.69) is 39.8 Å². The lowest BCUT2D eigenvalue weighted by Gasteiger charge is -2.24. The van der Waals surface area contributed by atoms with Gasteiger partial charge in [0.15, 0.2) is 0 Å². The Morgan fingerprint density at radius 2 is 2.16 bits per heavy atom. The summed E-state index contributed by atoms with van der Waals surface area (Å²) in [5, 5.41) is 10.3. The Morgan fingerprint density at radius 3 is 2.84 bits per heavy atom. The Labute approximate surface area is 115 Å². The highest BCUT2D eigenvalue weighted by Gasteiger charge is 2.13. The minimum absolute atomic E-state index is 0.473. The van der Waals surface area contributed by atoms with Crippen LogP contribution in [0.3, 0.4) is 0 Å². The number of nitrogens with zero attached hydrogens (tertiary/aromatic N) is 2. The minimum Gasteiger partial charge on any atom is -0.370 e. The molecule has 1 fully saturated rings. The smallest absolute Gasteiger partial charge is 0.132 e. The maximum Gasteiger partial charge on any atom is 0.132 e. The van der Waals surface area contributed by atoms with Crippen molar-refractivity contribution in [1.29, 1.82) is 0 Å². The monoisotopic (exact) mass is 263 g/mol. The van der Waals surface area contributed by atoms with Gasteiger partial charge >= 0.3 is 0 Å². The molecule has 19 heavy (non-hydrogen) atoms. The molecule has 0 aliphatic carbocycles. The van der Waals surface area contributed by atoms with Crippen LogP contribution in [0.2, 0.25) is 0 Å². The number of hydrogen-bond acceptors (Lipinski definition) is 5. The molecule has 0 aromatic carbocycles. The molecule has 2 rings (SSSR count). The van der Waals surface area contributed by atoms with Crippen molar-refractivity contribution in [1.82, 2.24) is 15.3 Å². The van der Waals surface area contributed by atoms with E-state index in [9.17, 15) is 0 Å². The second-order valence-corrected chi connectivity index (χ2v) is 5.65. The van der Waals surface area contributed by atoms with E-state index >= 15 is 0 Å². The number of anilines is 2. The van der Waals surface area contributed by atoms with Crippen molar-refractivity contribution >= 4 is 11.6 Å². The van der Waals surface area contributed by atoms with Crippen molar-refractivity contribution in [3.8, 4) is 0 Å². The van der Waals surface area contributed by atoms with Gasteiger partial charge in [-0.1, -0.05) is 13.8 Å². The van der Waals surface area contributed by atoms with E-state index < -0.39 is 0 Å². The van der Waals surface area contributed by atoms with Gasteiger partial charge in [0.1, 0.15) is 17.5 Å². The first-order valence-electron chi connectivity index (χ1n) is 7.20. The highest BCUT2D eigenvalue weighted by Crippen LogP contribution is 2.14. The fourth-order valence-corrected chi connectivity index (χ4v) is 2.23. The van der Waals surface area contributed by atoms with Crippen LogP contribution in [0.25, 0.3) is 0 Å². The second kappa shape index (κ2) is 6.70. The van der Waals surface area contributed by atoms with Gasteiger partial charge in [-0.2, -0.15) is 0 Å². The maximum absolute atomic E-state index is 4.47. The summed E-state index contributed by atoms with van der Waals surface area (Å²) in [6.45, 7) is 9.38. The largest absolute Gasteiger partial charge is 0.370 e. The Bertz CT molecular complexity index is 399. The molecule has 5 nitrogen and oxygen atoms in total. The predicted molar refractivity (Wildman–Crippen MR) is 79.6 cm³/mol. The van der Waals surface area contributed by atoms with Crippen molar-refractivity contribution in [3.05, 3.63) is 11.9 Å². The minimum atomic E-state index is 0.473. The number of hydrogen-bond donors (Lipinski definition) is 3. The van der Waals surface area contributed by atoms with Gasteiger partial charge < -0.3 is 16.0 Å². The summed E-state index contributed by atoms with van der Waals surface area (Å²) in [6.07, 6.45) is 2.42. The van der Waals surface area contributed by atoms with Crippen molar-refractivity contribution in [2.75, 3.05) is 30.3 Å². The van der Waals surface area contributed by atoms with E-state index in [0.717, 1.165) is 37.1 Å². The summed E-state index contributed by atoms with van der Waals surface area (Å²) in [5.41, 5.74) is 0. The molecule has 0 saturated carbocycles. The fraction of sp³-hybridized carbons (Fsp3) is 0.714. The summed E-state index contributed by atoms with van der Waals surface area (Å²) >= 11 is 0. The first-order chi connectivity index (χ1) is 9.13. The molecule has 106 valence electrons. The normalized spacial score (nSPS) is 19.5. The van der Waals surface area contributed by atoms with Gasteiger partial charge in [0.25, 0.3) is 0 Å². The molecule has 0 amide bonds. The molecule has 1 saturated heterocycles. The second-order valence-electron chi connectivity index (χ2n) is 5.65. The van der Waals surface area contributed by atoms with Gasteiger partial charge in [-0.15, -0.1) is 0 Å². The third kappa shape index (κ3) is 4.67. The van der Waals surface area contributed by atoms with Crippen molar-refractivity contribution in [3.63, 3.8) is 0 Å². The van der Waals surface area contributed by atoms with Gasteiger partial charge in [0.05, 0.1) is 0 Å². The van der Waals surface area contributed by atoms with Gasteiger partial charge in [0.2, 0.25) is 0 Å². The standard InChI is InChI=1S/C14H25N5/c1-10(2)8-16-13-7-14(18-11(3)17-13)19-12-5-4-6-15-9-12/h7,10,12,15H,4-6,8-9H2,1-3H3,(H2,16,17,18,19). The van der Waals surface area contributed by atoms with Crippen LogP contribution in [-0.4, -0.2) is 35.6 Å². The zero-order valence-corrected chi connectivity index (χ0v) is 12.2. The number of aryl methyl sites for hydroxylation is 1. The highest BCUT2D eigenvalue weighted by atomic mass is 15.1. The molecular formula is C14H25N5. The summed E-state index contributed by atoms with van der Waals surface area (Å²) < 4.78 is 0. The van der Waals surface area contributed by atoms with E-state index in [1.54, 1.807) is 0 Å². The lowest BCUT2D eigenvalue weighted by Crippen LogP contribution is -2.38. The Balaban J connectivity index is 1.99. The first kappa shape index (κ1) is 14.1. The Kier molecular flexibility index (Phi) is 4.96. The van der Waals surface area contributed by atoms with Crippen molar-refractivity contribution in [2.24, 2.45) is 5.92 Å². The average molecular weight is 263 g/mol. The Morgan fingerprint density at radius 1 is 1.37 bits per heavy atom. The van der Waals surface area contributed by atoms with Gasteiger partial charge in [-0.3, -0.25) is 0 Å². The molecule has 0 radical (unpaired) electrons. The van der Waals surface area contributed by atoms with Crippen LogP contribution in [0.15, 0.2) is 6.07 Å². The number of nitrogens with one attached hydrogen (secondary N) is 3. The molecule has 1 aromatic rings. The van der Waals surface area contributed by atoms with Crippen molar-refractivity contribution < 1.29 is 0 Å². The van der Waals surface area contributed by atoms with Crippen LogP contribution in [0.5, 0.6) is 0 Å². The zero-order chi connectivity index (χ0) is 13.7. The van der Waals surface area contributed by atoms with Crippen molar-refractivity contribution in [2.45, 2.75) is 39.7 Å². The number of rotatable bonds is 5. The van der Waals surface area contributed by atoms with E-state index in [-0.39, 0.29) is 0 Å². The number of aromatic nitrogens is 2. The fourth-order valence-electron chi connectivity index (χ4n) is 2.23. The lowest BCUT2D eigenvalue weighted by atomic mass is 10.1. The lowest BCUT2D eigenvalue weighted by molar-refractivity contribution is 0.479. The maximum atomic E-state index is 4.47. The predicted octanol–water partition coefficient (Wildman–Crippen LogP) is 2.02. The molecule has 1 atom stereocenters. The van der Waals surface area contributed by atoms with Crippen LogP contribution < -0.4 is 16.0 Å². The van der Waals surface area contributed by atoms with E-state index in [1.165, 1.54) is 12.8 Å². The SMILES string of the molecule is Cc1nc(NCC(C)C)cc(NC2CCCNC2)n1. The average Bonchev–Trinajstić information content (AvgIpc) is 2.37. The van der Waals surface area contributed by atoms with Crippen LogP contribution in [-0.2, 0) is 0 Å². The van der Waals surface area contributed by atoms with Crippen LogP contribution in [0.4, 0.5) is 11.6 Å². The zero-order valence-electron chi connectivity index (χ0n) is 12.2. The van der Waals surface area contributed by atoms with E-state index in [1.807, 2.05) is 13.0 Å². The molecule has 3 N–H and O–H groups in total. The van der Waals surface area contributed by atoms with E-state index in [4.69, 9.17) is 0 Å². The summed E-state index contributed by atoms with van der Waals surface area (Å²) in [5.74, 6) is 3.24. The molecule has 1 unspecified atom stereocenters. The first-order valence-corrected chi connectivity index (χ1v) is 7.20. The quantitative estimate of drug-likeness (QED) is 0.758. The third-order valence-corrected chi connectivity index (χ3v) is 3.18. The van der Waals surface area contributed by atoms with Gasteiger partial charge in [-0.05, 0) is 32.2 Å². The van der Waals surface area contributed by atoms with Gasteiger partial charge in [0, 0.05) is 25.2 Å². The summed E-state index contributed by atoms with van der Waals surface area (Å²) in [6, 6.07) is 2.48. The third-order valence-electron chi connectivity index (χ3n) is 3.18. The molecule has 1 aliphatic heterocycles. The molecule has 5 heteroatoms. The van der Waals surface area contributed by atoms with Crippen LogP contribution >= 0.6 is 0 Å². The molecule has 0 spiro atoms. The van der Waals surface area contributed by atoms with Crippen LogP contribution in [0, 0.1) is 12.8 Å². The topological polar surface area (TPSA) is 61.9 Å². The van der Waals surface area contributed by atoms with Gasteiger partial charge in [-0.25, -0.2) is 9.97 Å². The Hall–Kier alpha value is -1.36. The highest BCUT2D eigenvalue weighted by molar-refractivity contribution is 5.48. The molecule has 2 heterocycles.